The molecule has 0 saturated heterocycles. The van der Waals surface area contributed by atoms with E-state index < -0.39 is 16.6 Å². The number of nitriles is 1. The number of aromatic nitrogens is 5. The molecule has 1 aliphatic carbocycles. The molecule has 1 aliphatic rings. The van der Waals surface area contributed by atoms with Crippen molar-refractivity contribution in [3.05, 3.63) is 77.1 Å². The van der Waals surface area contributed by atoms with E-state index in [2.05, 4.69) is 78.8 Å². The second-order valence-electron chi connectivity index (χ2n) is 16.5. The van der Waals surface area contributed by atoms with Crippen LogP contribution in [0.2, 0.25) is 36.3 Å². The van der Waals surface area contributed by atoms with Gasteiger partial charge in [0.1, 0.15) is 24.2 Å². The molecule has 0 bridgehead atoms. The van der Waals surface area contributed by atoms with Crippen molar-refractivity contribution in [1.82, 2.24) is 24.7 Å². The zero-order valence-corrected chi connectivity index (χ0v) is 34.5. The van der Waals surface area contributed by atoms with E-state index in [-0.39, 0.29) is 15.9 Å². The topological polar surface area (TPSA) is 111 Å². The fourth-order valence-corrected chi connectivity index (χ4v) is 7.76. The Kier molecular flexibility index (Phi) is 11.7. The van der Waals surface area contributed by atoms with Crippen molar-refractivity contribution in [3.8, 4) is 23.3 Å². The van der Waals surface area contributed by atoms with Crippen molar-refractivity contribution < 1.29 is 18.0 Å². The Balaban J connectivity index is 1.57. The molecule has 3 heterocycles. The van der Waals surface area contributed by atoms with Crippen LogP contribution in [0.25, 0.3) is 11.5 Å². The number of hydrogen-bond acceptors (Lipinski definition) is 9. The minimum Gasteiger partial charge on any atom is -0.486 e. The average Bonchev–Trinajstić information content (AvgIpc) is 3.69. The van der Waals surface area contributed by atoms with Crippen molar-refractivity contribution in [2.75, 3.05) is 31.3 Å². The molecule has 0 radical (unpaired) electrons. The number of hydrogen-bond donors (Lipinski definition) is 0. The number of nitrogens with zero attached hydrogens (tertiary/aromatic N) is 7. The van der Waals surface area contributed by atoms with E-state index in [0.29, 0.717) is 72.8 Å². The van der Waals surface area contributed by atoms with Crippen LogP contribution < -0.4 is 9.64 Å². The van der Waals surface area contributed by atoms with Crippen molar-refractivity contribution >= 4 is 28.1 Å². The summed E-state index contributed by atoms with van der Waals surface area (Å²) < 4.78 is 36.1. The third-order valence-electron chi connectivity index (χ3n) is 10.9. The monoisotopic (exact) mass is 743 g/mol. The summed E-state index contributed by atoms with van der Waals surface area (Å²) >= 11 is 0. The molecule has 5 rings (SSSR count). The third kappa shape index (κ3) is 8.63. The largest absolute Gasteiger partial charge is 0.486 e. The predicted molar refractivity (Wildman–Crippen MR) is 209 cm³/mol. The molecule has 0 fully saturated rings. The maximum Gasteiger partial charge on any atom is 0.192 e. The van der Waals surface area contributed by atoms with Crippen molar-refractivity contribution in [1.29, 1.82) is 5.26 Å². The van der Waals surface area contributed by atoms with Gasteiger partial charge in [0.2, 0.25) is 0 Å². The molecule has 0 saturated carbocycles. The molecule has 0 spiro atoms. The van der Waals surface area contributed by atoms with E-state index in [4.69, 9.17) is 28.7 Å². The fraction of sp³-hybridized carbons (Fsp3) is 0.513. The maximum atomic E-state index is 14.7. The molecule has 1 aromatic carbocycles. The molecule has 0 unspecified atom stereocenters. The van der Waals surface area contributed by atoms with Gasteiger partial charge in [0.25, 0.3) is 0 Å². The summed E-state index contributed by atoms with van der Waals surface area (Å²) in [5.74, 6) is 1.13. The van der Waals surface area contributed by atoms with Crippen LogP contribution in [0.5, 0.6) is 5.75 Å². The number of rotatable bonds is 14. The predicted octanol–water partition coefficient (Wildman–Crippen LogP) is 8.84. The second kappa shape index (κ2) is 15.6. The van der Waals surface area contributed by atoms with Gasteiger partial charge in [-0.2, -0.15) is 10.4 Å². The van der Waals surface area contributed by atoms with Crippen molar-refractivity contribution in [3.63, 3.8) is 0 Å². The first-order valence-electron chi connectivity index (χ1n) is 18.2. The first-order valence-corrected chi connectivity index (χ1v) is 24.0. The number of halogens is 1. The smallest absolute Gasteiger partial charge is 0.192 e. The van der Waals surface area contributed by atoms with Gasteiger partial charge in [-0.05, 0) is 67.7 Å². The van der Waals surface area contributed by atoms with E-state index in [1.807, 2.05) is 21.7 Å². The van der Waals surface area contributed by atoms with Gasteiger partial charge in [0.05, 0.1) is 37.2 Å². The van der Waals surface area contributed by atoms with E-state index in [9.17, 15) is 9.65 Å². The first kappa shape index (κ1) is 39.2. The zero-order valence-electron chi connectivity index (χ0n) is 32.5. The SMILES string of the molecule is CC(C)(C)[Si](C)(C)OCCOc1cnc(-c2nn(Cc3ccccc3F)c3c2CCC3)nc1N(CCO[Si](C)(C)C(C)(C)C)c1ccncc1C#N. The van der Waals surface area contributed by atoms with E-state index >= 15 is 0 Å². The molecule has 0 amide bonds. The Hall–Kier alpha value is -3.97. The van der Waals surface area contributed by atoms with Crippen LogP contribution in [0.15, 0.2) is 48.9 Å². The quantitative estimate of drug-likeness (QED) is 0.0924. The van der Waals surface area contributed by atoms with E-state index in [1.165, 1.54) is 6.07 Å². The average molecular weight is 744 g/mol. The molecular weight excluding hydrogens is 690 g/mol. The standard InChI is InChI=1S/C39H54FN7O3Si2/c1-38(2,3)51(7,8)49-21-20-46(32-18-19-42-25-29(32)24-41)37-34(48-22-23-50-52(9,10)39(4,5)6)26-43-36(44-37)35-30-15-13-17-33(30)47(45-35)27-28-14-11-12-16-31(28)40/h11-12,14,16,18-19,25-26H,13,15,17,20-23,27H2,1-10H3. The lowest BCUT2D eigenvalue weighted by Gasteiger charge is -2.37. The van der Waals surface area contributed by atoms with Gasteiger partial charge in [-0.1, -0.05) is 59.7 Å². The molecule has 52 heavy (non-hydrogen) atoms. The Morgan fingerprint density at radius 1 is 0.923 bits per heavy atom. The molecule has 3 aromatic heterocycles. The molecule has 0 aliphatic heterocycles. The van der Waals surface area contributed by atoms with Crippen LogP contribution in [0.4, 0.5) is 15.9 Å². The summed E-state index contributed by atoms with van der Waals surface area (Å²) in [4.78, 5) is 16.2. The number of fused-ring (bicyclic) bond motifs is 1. The van der Waals surface area contributed by atoms with E-state index in [0.717, 1.165) is 30.5 Å². The number of anilines is 2. The van der Waals surface area contributed by atoms with Gasteiger partial charge in [-0.3, -0.25) is 9.67 Å². The van der Waals surface area contributed by atoms with Gasteiger partial charge in [-0.25, -0.2) is 14.4 Å². The molecule has 0 atom stereocenters. The van der Waals surface area contributed by atoms with Crippen molar-refractivity contribution in [2.45, 2.75) is 104 Å². The lowest BCUT2D eigenvalue weighted by atomic mass is 10.2. The normalized spacial score (nSPS) is 13.6. The fourth-order valence-electron chi connectivity index (χ4n) is 5.70. The summed E-state index contributed by atoms with van der Waals surface area (Å²) in [7, 11) is -4.10. The summed E-state index contributed by atoms with van der Waals surface area (Å²) in [5, 5.41) is 15.3. The highest BCUT2D eigenvalue weighted by molar-refractivity contribution is 6.74. The Morgan fingerprint density at radius 3 is 2.29 bits per heavy atom. The molecule has 10 nitrogen and oxygen atoms in total. The van der Waals surface area contributed by atoms with Crippen LogP contribution in [0, 0.1) is 17.1 Å². The Bertz CT molecular complexity index is 1910. The minimum atomic E-state index is -2.10. The van der Waals surface area contributed by atoms with E-state index in [1.54, 1.807) is 30.7 Å². The van der Waals surface area contributed by atoms with Crippen LogP contribution in [0.3, 0.4) is 0 Å². The summed E-state index contributed by atoms with van der Waals surface area (Å²) in [5.41, 5.74) is 4.44. The van der Waals surface area contributed by atoms with Gasteiger partial charge < -0.3 is 18.5 Å². The zero-order chi connectivity index (χ0) is 37.9. The third-order valence-corrected chi connectivity index (χ3v) is 20.0. The number of benzene rings is 1. The van der Waals surface area contributed by atoms with Crippen LogP contribution in [-0.4, -0.2) is 67.7 Å². The van der Waals surface area contributed by atoms with Gasteiger partial charge in [0, 0.05) is 35.8 Å². The Labute approximate surface area is 310 Å². The van der Waals surface area contributed by atoms with Crippen molar-refractivity contribution in [2.24, 2.45) is 0 Å². The molecule has 0 N–H and O–H groups in total. The summed E-state index contributed by atoms with van der Waals surface area (Å²) in [6, 6.07) is 10.9. The number of ether oxygens (including phenoxy) is 1. The maximum absolute atomic E-state index is 14.7. The second-order valence-corrected chi connectivity index (χ2v) is 26.1. The van der Waals surface area contributed by atoms with Gasteiger partial charge in [-0.15, -0.1) is 0 Å². The molecule has 278 valence electrons. The highest BCUT2D eigenvalue weighted by atomic mass is 28.4. The summed E-state index contributed by atoms with van der Waals surface area (Å²) in [6.07, 6.45) is 7.57. The highest BCUT2D eigenvalue weighted by Crippen LogP contribution is 2.40. The Morgan fingerprint density at radius 2 is 1.62 bits per heavy atom. The van der Waals surface area contributed by atoms with Crippen LogP contribution in [-0.2, 0) is 28.2 Å². The number of pyridine rings is 1. The van der Waals surface area contributed by atoms with Gasteiger partial charge >= 0.3 is 0 Å². The lowest BCUT2D eigenvalue weighted by molar-refractivity contribution is 0.203. The minimum absolute atomic E-state index is 0.0225. The highest BCUT2D eigenvalue weighted by Gasteiger charge is 2.38. The van der Waals surface area contributed by atoms with Gasteiger partial charge in [0.15, 0.2) is 34.0 Å². The first-order chi connectivity index (χ1) is 24.4. The molecule has 4 aromatic rings. The molecule has 13 heteroatoms. The van der Waals surface area contributed by atoms with Crippen LogP contribution >= 0.6 is 0 Å². The molecular formula is C39H54FN7O3Si2. The van der Waals surface area contributed by atoms with Crippen LogP contribution in [0.1, 0.15) is 70.3 Å². The summed E-state index contributed by atoms with van der Waals surface area (Å²) in [6.45, 7) is 24.0. The lowest BCUT2D eigenvalue weighted by Crippen LogP contribution is -2.42.